The highest BCUT2D eigenvalue weighted by Crippen LogP contribution is 2.10. The molecular formula is C21H39ClO3. The minimum absolute atomic E-state index is 0.0426. The maximum Gasteiger partial charge on any atom is 0.305 e. The van der Waals surface area contributed by atoms with Crippen molar-refractivity contribution >= 4 is 17.6 Å². The summed E-state index contributed by atoms with van der Waals surface area (Å²) in [5.41, 5.74) is 0. The maximum atomic E-state index is 11.7. The topological polar surface area (TPSA) is 46.5 Å². The van der Waals surface area contributed by atoms with E-state index in [2.05, 4.69) is 23.8 Å². The van der Waals surface area contributed by atoms with Gasteiger partial charge in [-0.15, -0.1) is 11.6 Å². The molecule has 0 aromatic rings. The molecule has 0 amide bonds. The van der Waals surface area contributed by atoms with Crippen LogP contribution in [0.25, 0.3) is 0 Å². The molecule has 0 fully saturated rings. The first-order chi connectivity index (χ1) is 14.0. The summed E-state index contributed by atoms with van der Waals surface area (Å²) in [5.74, 6) is -0.904. The van der Waals surface area contributed by atoms with Crippen molar-refractivity contribution in [3.63, 3.8) is 0 Å². The highest BCUT2D eigenvalue weighted by atomic mass is 35.5. The van der Waals surface area contributed by atoms with E-state index in [9.17, 15) is 9.90 Å². The Labute approximate surface area is 167 Å². The second kappa shape index (κ2) is 19.8. The summed E-state index contributed by atoms with van der Waals surface area (Å²) in [7, 11) is 0. The number of allylic oxidation sites excluding steroid dienone is 2. The van der Waals surface area contributed by atoms with E-state index in [0.29, 0.717) is 6.42 Å². The fraction of sp³-hybridized carbons (Fsp3) is 0.857. The molecule has 4 heteroatoms. The van der Waals surface area contributed by atoms with Crippen LogP contribution in [0.3, 0.4) is 0 Å². The number of hydrogen-bond donors (Lipinski definition) is 1. The van der Waals surface area contributed by atoms with Crippen LogP contribution in [-0.2, 0) is 9.53 Å². The van der Waals surface area contributed by atoms with Gasteiger partial charge in [0.15, 0.2) is 0 Å². The van der Waals surface area contributed by atoms with E-state index in [1.54, 1.807) is 0 Å². The molecule has 0 aromatic carbocycles. The number of rotatable bonds is 18. The third-order valence-corrected chi connectivity index (χ3v) is 4.16. The lowest BCUT2D eigenvalue weighted by Gasteiger charge is -2.07. The fourth-order valence-corrected chi connectivity index (χ4v) is 2.55. The van der Waals surface area contributed by atoms with Crippen LogP contribution in [0.15, 0.2) is 12.2 Å². The molecule has 25 heavy (non-hydrogen) atoms. The molecule has 0 aliphatic carbocycles. The Morgan fingerprint density at radius 1 is 1.04 bits per heavy atom. The van der Waals surface area contributed by atoms with Crippen molar-refractivity contribution in [3.8, 4) is 0 Å². The predicted octanol–water partition coefficient (Wildman–Crippen LogP) is 6.17. The normalized spacial score (nSPS) is 18.0. The number of alkyl halides is 1. The number of carbonyl (C=O) groups excluding carboxylic acids is 1. The number of unbranched alkanes of at least 4 members (excludes halogenated alkanes) is 11. The molecule has 148 valence electrons. The van der Waals surface area contributed by atoms with Crippen LogP contribution < -0.4 is 0 Å². The van der Waals surface area contributed by atoms with Crippen LogP contribution >= 0.6 is 11.6 Å². The van der Waals surface area contributed by atoms with E-state index in [1.165, 1.54) is 38.5 Å². The molecule has 3 nitrogen and oxygen atoms in total. The van der Waals surface area contributed by atoms with E-state index in [-0.39, 0.29) is 6.42 Å². The first kappa shape index (κ1) is 16.6. The Bertz CT molecular complexity index is 494. The van der Waals surface area contributed by atoms with Crippen LogP contribution in [-0.4, -0.2) is 29.5 Å². The van der Waals surface area contributed by atoms with Gasteiger partial charge < -0.3 is 9.84 Å². The van der Waals surface area contributed by atoms with Gasteiger partial charge in [0.25, 0.3) is 0 Å². The number of aliphatic hydroxyl groups is 1. The lowest BCUT2D eigenvalue weighted by atomic mass is 10.1. The number of esters is 1. The molecule has 0 spiro atoms. The van der Waals surface area contributed by atoms with E-state index < -0.39 is 24.4 Å². The van der Waals surface area contributed by atoms with Gasteiger partial charge in [-0.2, -0.15) is 0 Å². The van der Waals surface area contributed by atoms with Crippen molar-refractivity contribution in [1.29, 1.82) is 0 Å². The Morgan fingerprint density at radius 3 is 2.12 bits per heavy atom. The number of carbonyl (C=O) groups is 1. The molecule has 0 bridgehead atoms. The molecule has 0 saturated heterocycles. The summed E-state index contributed by atoms with van der Waals surface area (Å²) < 4.78 is 41.0. The van der Waals surface area contributed by atoms with Gasteiger partial charge in [-0.05, 0) is 32.1 Å². The average Bonchev–Trinajstić information content (AvgIpc) is 2.63. The van der Waals surface area contributed by atoms with Crippen LogP contribution in [0.4, 0.5) is 0 Å². The van der Waals surface area contributed by atoms with Gasteiger partial charge in [-0.1, -0.05) is 70.4 Å². The van der Waals surface area contributed by atoms with Crippen molar-refractivity contribution in [2.45, 2.75) is 102 Å². The summed E-state index contributed by atoms with van der Waals surface area (Å²) in [6, 6.07) is 0. The third-order valence-electron chi connectivity index (χ3n) is 4.00. The molecule has 0 aliphatic rings. The van der Waals surface area contributed by atoms with E-state index in [1.807, 2.05) is 0 Å². The van der Waals surface area contributed by atoms with Crippen molar-refractivity contribution in [2.75, 3.05) is 13.1 Å². The lowest BCUT2D eigenvalue weighted by molar-refractivity contribution is -0.143. The minimum atomic E-state index is -3.37. The van der Waals surface area contributed by atoms with Gasteiger partial charge >= 0.3 is 5.97 Å². The predicted molar refractivity (Wildman–Crippen MR) is 107 cm³/mol. The monoisotopic (exact) mass is 379 g/mol. The molecule has 0 rings (SSSR count). The maximum absolute atomic E-state index is 11.7. The molecule has 0 heterocycles. The minimum Gasteiger partial charge on any atom is -0.464 e. The number of ether oxygens (including phenoxy) is 1. The second-order valence-electron chi connectivity index (χ2n) is 6.34. The van der Waals surface area contributed by atoms with Crippen LogP contribution in [0.1, 0.15) is 104 Å². The molecule has 0 aliphatic heterocycles. The van der Waals surface area contributed by atoms with Gasteiger partial charge in [0.05, 0.1) is 18.8 Å². The van der Waals surface area contributed by atoms with Crippen molar-refractivity contribution in [3.05, 3.63) is 12.2 Å². The van der Waals surface area contributed by atoms with Gasteiger partial charge in [0.2, 0.25) is 0 Å². The molecule has 0 aromatic heterocycles. The summed E-state index contributed by atoms with van der Waals surface area (Å²) in [6.45, 7) is -4.31. The zero-order valence-electron chi connectivity index (χ0n) is 20.7. The Kier molecular flexibility index (Phi) is 13.2. The van der Waals surface area contributed by atoms with Crippen LogP contribution in [0.2, 0.25) is 0 Å². The summed E-state index contributed by atoms with van der Waals surface area (Å²) in [6.07, 6.45) is 19.0. The van der Waals surface area contributed by atoms with E-state index in [0.717, 1.165) is 38.5 Å². The van der Waals surface area contributed by atoms with Crippen molar-refractivity contribution in [1.82, 2.24) is 0 Å². The molecule has 0 radical (unpaired) electrons. The van der Waals surface area contributed by atoms with Crippen molar-refractivity contribution < 1.29 is 21.5 Å². The first-order valence-corrected chi connectivity index (χ1v) is 10.1. The summed E-state index contributed by atoms with van der Waals surface area (Å²) in [5, 5.41) is 6.03. The Balaban J connectivity index is 3.73. The first-order valence-electron chi connectivity index (χ1n) is 12.2. The highest BCUT2D eigenvalue weighted by Gasteiger charge is 2.07. The molecule has 0 saturated carbocycles. The van der Waals surface area contributed by atoms with Gasteiger partial charge in [-0.3, -0.25) is 4.79 Å². The fourth-order valence-electron chi connectivity index (χ4n) is 2.52. The molecule has 1 unspecified atom stereocenters. The molecular weight excluding hydrogens is 336 g/mol. The largest absolute Gasteiger partial charge is 0.464 e. The third kappa shape index (κ3) is 19.6. The number of hydrogen-bond acceptors (Lipinski definition) is 3. The Morgan fingerprint density at radius 2 is 1.56 bits per heavy atom. The second-order valence-corrected chi connectivity index (χ2v) is 6.71. The van der Waals surface area contributed by atoms with Crippen molar-refractivity contribution in [2.24, 2.45) is 0 Å². The van der Waals surface area contributed by atoms with Crippen LogP contribution in [0, 0.1) is 0 Å². The quantitative estimate of drug-likeness (QED) is 0.134. The lowest BCUT2D eigenvalue weighted by Crippen LogP contribution is -2.16. The van der Waals surface area contributed by atoms with Gasteiger partial charge in [-0.25, -0.2) is 0 Å². The van der Waals surface area contributed by atoms with Gasteiger partial charge in [0.1, 0.15) is 6.56 Å². The highest BCUT2D eigenvalue weighted by molar-refractivity contribution is 6.20. The summed E-state index contributed by atoms with van der Waals surface area (Å²) >= 11 is 5.43. The molecule has 1 N–H and O–H groups in total. The van der Waals surface area contributed by atoms with Crippen LogP contribution in [0.5, 0.6) is 0 Å². The molecule has 1 atom stereocenters. The summed E-state index contributed by atoms with van der Waals surface area (Å²) in [4.78, 5) is 11.7. The standard InChI is InChI=1S/C21H39ClO3/c1-2-3-4-5-6-7-8-9-10-11-12-13-14-15-16-17-21(24)25-19-20(22)18-23/h9-10,20,23H,2-8,11-19H2,1H3/b10-9-/i18D2,19D2,20D. The SMILES string of the molecule is [2H]C([2H])(O)C([2H])(Cl)C([2H])([2H])OC(=O)CCCCCCC/C=C\CCCCCCCC. The van der Waals surface area contributed by atoms with Gasteiger partial charge in [0, 0.05) is 6.42 Å². The van der Waals surface area contributed by atoms with E-state index in [4.69, 9.17) is 18.5 Å². The Hall–Kier alpha value is -0.540. The van der Waals surface area contributed by atoms with E-state index >= 15 is 0 Å². The average molecular weight is 380 g/mol. The smallest absolute Gasteiger partial charge is 0.305 e. The zero-order valence-corrected chi connectivity index (χ0v) is 16.5. The zero-order chi connectivity index (χ0) is 23.1. The number of halogens is 1.